The summed E-state index contributed by atoms with van der Waals surface area (Å²) in [7, 11) is -4.07. The first-order valence-corrected chi connectivity index (χ1v) is 15.7. The summed E-state index contributed by atoms with van der Waals surface area (Å²) < 4.78 is 42.3. The van der Waals surface area contributed by atoms with Crippen molar-refractivity contribution in [3.63, 3.8) is 0 Å². The van der Waals surface area contributed by atoms with E-state index in [2.05, 4.69) is 17.4 Å². The third-order valence-electron chi connectivity index (χ3n) is 7.18. The fraction of sp³-hybridized carbons (Fsp3) is 0.257. The van der Waals surface area contributed by atoms with Crippen LogP contribution in [0.1, 0.15) is 48.9 Å². The van der Waals surface area contributed by atoms with Crippen LogP contribution in [0.3, 0.4) is 0 Å². The van der Waals surface area contributed by atoms with Crippen LogP contribution in [0.5, 0.6) is 5.75 Å². The molecule has 44 heavy (non-hydrogen) atoms. The Balaban J connectivity index is 1.30. The Kier molecular flexibility index (Phi) is 8.78. The minimum absolute atomic E-state index is 0.0148. The summed E-state index contributed by atoms with van der Waals surface area (Å²) in [6.45, 7) is 7.15. The summed E-state index contributed by atoms with van der Waals surface area (Å²) in [5.41, 5.74) is 5.03. The SMILES string of the molecule is Cc1ccc(S(=O)(=O)Oc2cccc(C[C@H](NC(=O)OCC3c4ccccc4-c4ccccc43)C(=O)OC(C)(C)C)c2)cc1. The molecule has 4 aromatic rings. The van der Waals surface area contributed by atoms with E-state index < -0.39 is 33.8 Å². The Morgan fingerprint density at radius 2 is 1.45 bits per heavy atom. The van der Waals surface area contributed by atoms with Crippen LogP contribution in [-0.4, -0.2) is 38.7 Å². The van der Waals surface area contributed by atoms with E-state index in [0.717, 1.165) is 27.8 Å². The molecule has 8 nitrogen and oxygen atoms in total. The zero-order valence-corrected chi connectivity index (χ0v) is 25.9. The first-order chi connectivity index (χ1) is 20.9. The van der Waals surface area contributed by atoms with Gasteiger partial charge in [-0.3, -0.25) is 0 Å². The number of fused-ring (bicyclic) bond motifs is 3. The van der Waals surface area contributed by atoms with Crippen LogP contribution in [0.4, 0.5) is 4.79 Å². The number of aryl methyl sites for hydroxylation is 1. The van der Waals surface area contributed by atoms with Crippen molar-refractivity contribution in [3.8, 4) is 16.9 Å². The number of nitrogens with one attached hydrogen (secondary N) is 1. The van der Waals surface area contributed by atoms with Gasteiger partial charge >= 0.3 is 22.2 Å². The van der Waals surface area contributed by atoms with Crippen molar-refractivity contribution in [2.24, 2.45) is 0 Å². The first-order valence-electron chi connectivity index (χ1n) is 14.3. The van der Waals surface area contributed by atoms with Crippen molar-refractivity contribution in [1.82, 2.24) is 5.32 Å². The topological polar surface area (TPSA) is 108 Å². The van der Waals surface area contributed by atoms with Crippen molar-refractivity contribution in [1.29, 1.82) is 0 Å². The van der Waals surface area contributed by atoms with E-state index >= 15 is 0 Å². The number of hydrogen-bond donors (Lipinski definition) is 1. The molecule has 0 unspecified atom stereocenters. The second-order valence-corrected chi connectivity index (χ2v) is 13.3. The summed E-state index contributed by atoms with van der Waals surface area (Å²) in [5.74, 6) is -0.714. The van der Waals surface area contributed by atoms with E-state index in [1.54, 1.807) is 45.0 Å². The zero-order valence-electron chi connectivity index (χ0n) is 25.1. The van der Waals surface area contributed by atoms with Crippen LogP contribution < -0.4 is 9.50 Å². The van der Waals surface area contributed by atoms with Crippen LogP contribution in [0.25, 0.3) is 11.1 Å². The highest BCUT2D eigenvalue weighted by atomic mass is 32.2. The van der Waals surface area contributed by atoms with Crippen LogP contribution >= 0.6 is 0 Å². The predicted octanol–water partition coefficient (Wildman–Crippen LogP) is 6.55. The highest BCUT2D eigenvalue weighted by Gasteiger charge is 2.31. The summed E-state index contributed by atoms with van der Waals surface area (Å²) in [4.78, 5) is 26.3. The van der Waals surface area contributed by atoms with Gasteiger partial charge < -0.3 is 19.0 Å². The quantitative estimate of drug-likeness (QED) is 0.168. The number of carbonyl (C=O) groups excluding carboxylic acids is 2. The Bertz CT molecular complexity index is 1730. The average molecular weight is 614 g/mol. The molecule has 0 radical (unpaired) electrons. The van der Waals surface area contributed by atoms with Gasteiger partial charge in [-0.25, -0.2) is 9.59 Å². The molecule has 1 amide bonds. The molecule has 1 aliphatic carbocycles. The van der Waals surface area contributed by atoms with Gasteiger partial charge in [0.25, 0.3) is 0 Å². The second kappa shape index (κ2) is 12.5. The largest absolute Gasteiger partial charge is 0.458 e. The lowest BCUT2D eigenvalue weighted by atomic mass is 9.98. The fourth-order valence-electron chi connectivity index (χ4n) is 5.19. The number of hydrogen-bond acceptors (Lipinski definition) is 7. The standard InChI is InChI=1S/C35H35NO7S/c1-23-16-18-26(19-17-23)44(39,40)43-25-11-9-10-24(20-25)21-32(33(37)42-35(2,3)4)36-34(38)41-22-31-29-14-7-5-12-27(29)28-13-6-8-15-30(28)31/h5-20,31-32H,21-22H2,1-4H3,(H,36,38)/t32-/m0/s1. The molecule has 0 fully saturated rings. The van der Waals surface area contributed by atoms with Gasteiger partial charge in [0.15, 0.2) is 0 Å². The lowest BCUT2D eigenvalue weighted by Gasteiger charge is -2.25. The van der Waals surface area contributed by atoms with Crippen LogP contribution in [0.15, 0.2) is 102 Å². The molecule has 0 heterocycles. The fourth-order valence-corrected chi connectivity index (χ4v) is 6.11. The van der Waals surface area contributed by atoms with Gasteiger partial charge in [0.1, 0.15) is 28.9 Å². The number of esters is 1. The van der Waals surface area contributed by atoms with E-state index in [1.807, 2.05) is 43.3 Å². The Hall–Kier alpha value is -4.63. The summed E-state index contributed by atoms with van der Waals surface area (Å²) in [5, 5.41) is 2.66. The number of carbonyl (C=O) groups is 2. The molecule has 1 N–H and O–H groups in total. The molecule has 9 heteroatoms. The van der Waals surface area contributed by atoms with E-state index in [4.69, 9.17) is 13.7 Å². The minimum Gasteiger partial charge on any atom is -0.458 e. The van der Waals surface area contributed by atoms with Crippen molar-refractivity contribution < 1.29 is 31.7 Å². The maximum absolute atomic E-state index is 13.2. The van der Waals surface area contributed by atoms with Gasteiger partial charge in [-0.1, -0.05) is 78.4 Å². The predicted molar refractivity (Wildman–Crippen MR) is 167 cm³/mol. The average Bonchev–Trinajstić information content (AvgIpc) is 3.29. The molecule has 4 aromatic carbocycles. The van der Waals surface area contributed by atoms with Gasteiger partial charge in [-0.2, -0.15) is 8.42 Å². The van der Waals surface area contributed by atoms with Crippen molar-refractivity contribution in [2.75, 3.05) is 6.61 Å². The lowest BCUT2D eigenvalue weighted by molar-refractivity contribution is -0.157. The zero-order chi connectivity index (χ0) is 31.5. The third-order valence-corrected chi connectivity index (χ3v) is 8.44. The van der Waals surface area contributed by atoms with Gasteiger partial charge in [-0.05, 0) is 79.8 Å². The number of benzene rings is 4. The molecular formula is C35H35NO7S. The molecule has 0 spiro atoms. The molecular weight excluding hydrogens is 578 g/mol. The van der Waals surface area contributed by atoms with Crippen LogP contribution in [0.2, 0.25) is 0 Å². The van der Waals surface area contributed by atoms with E-state index in [0.29, 0.717) is 5.56 Å². The second-order valence-electron chi connectivity index (χ2n) is 11.8. The van der Waals surface area contributed by atoms with E-state index in [1.165, 1.54) is 24.3 Å². The smallest absolute Gasteiger partial charge is 0.407 e. The Labute approximate surface area is 258 Å². The Morgan fingerprint density at radius 1 is 0.841 bits per heavy atom. The molecule has 0 bridgehead atoms. The highest BCUT2D eigenvalue weighted by molar-refractivity contribution is 7.87. The first kappa shape index (κ1) is 30.8. The lowest BCUT2D eigenvalue weighted by Crippen LogP contribution is -2.46. The third kappa shape index (κ3) is 7.29. The number of alkyl carbamates (subject to hydrolysis) is 1. The van der Waals surface area contributed by atoms with Crippen molar-refractivity contribution >= 4 is 22.2 Å². The highest BCUT2D eigenvalue weighted by Crippen LogP contribution is 2.44. The van der Waals surface area contributed by atoms with Crippen LogP contribution in [-0.2, 0) is 30.8 Å². The van der Waals surface area contributed by atoms with E-state index in [9.17, 15) is 18.0 Å². The van der Waals surface area contributed by atoms with Gasteiger partial charge in [0.2, 0.25) is 0 Å². The van der Waals surface area contributed by atoms with Gasteiger partial charge in [-0.15, -0.1) is 0 Å². The number of amides is 1. The monoisotopic (exact) mass is 613 g/mol. The maximum atomic E-state index is 13.2. The van der Waals surface area contributed by atoms with Crippen LogP contribution in [0, 0.1) is 6.92 Å². The van der Waals surface area contributed by atoms with Gasteiger partial charge in [0, 0.05) is 12.3 Å². The normalized spacial score (nSPS) is 13.4. The molecule has 1 atom stereocenters. The Morgan fingerprint density at radius 3 is 2.07 bits per heavy atom. The van der Waals surface area contributed by atoms with Crippen molar-refractivity contribution in [2.45, 2.75) is 56.6 Å². The summed E-state index contributed by atoms with van der Waals surface area (Å²) >= 11 is 0. The summed E-state index contributed by atoms with van der Waals surface area (Å²) in [6.07, 6.45) is -0.752. The molecule has 0 aliphatic heterocycles. The molecule has 0 saturated carbocycles. The number of rotatable bonds is 9. The molecule has 0 saturated heterocycles. The maximum Gasteiger partial charge on any atom is 0.407 e. The molecule has 228 valence electrons. The minimum atomic E-state index is -4.07. The van der Waals surface area contributed by atoms with E-state index in [-0.39, 0.29) is 29.6 Å². The number of ether oxygens (including phenoxy) is 2. The molecule has 5 rings (SSSR count). The van der Waals surface area contributed by atoms with Gasteiger partial charge in [0.05, 0.1) is 0 Å². The molecule has 0 aromatic heterocycles. The van der Waals surface area contributed by atoms with Crippen molar-refractivity contribution in [3.05, 3.63) is 119 Å². The summed E-state index contributed by atoms with van der Waals surface area (Å²) in [6, 6.07) is 27.6. The molecule has 1 aliphatic rings.